The third-order valence-corrected chi connectivity index (χ3v) is 6.62. The van der Waals surface area contributed by atoms with Crippen LogP contribution < -0.4 is 15.8 Å². The molecule has 1 aliphatic rings. The van der Waals surface area contributed by atoms with E-state index in [0.29, 0.717) is 18.8 Å². The number of carbonyl (C=O) groups is 2. The van der Waals surface area contributed by atoms with Gasteiger partial charge in [-0.1, -0.05) is 12.1 Å². The second-order valence-corrected chi connectivity index (χ2v) is 8.68. The SMILES string of the molecule is COc1ccc(C(=O)Nc2ccc(CC(N)=O)cc2)cc1S(=O)(=O)N1CCCC1. The third kappa shape index (κ3) is 4.75. The quantitative estimate of drug-likeness (QED) is 0.712. The van der Waals surface area contributed by atoms with Gasteiger partial charge in [0.15, 0.2) is 0 Å². The molecule has 0 atom stereocenters. The number of benzene rings is 2. The minimum atomic E-state index is -3.74. The maximum atomic E-state index is 12.9. The number of rotatable bonds is 7. The van der Waals surface area contributed by atoms with Gasteiger partial charge in [-0.05, 0) is 48.7 Å². The Bertz CT molecular complexity index is 1010. The van der Waals surface area contributed by atoms with E-state index in [4.69, 9.17) is 10.5 Å². The summed E-state index contributed by atoms with van der Waals surface area (Å²) in [5.41, 5.74) is 6.62. The third-order valence-electron chi connectivity index (χ3n) is 4.70. The van der Waals surface area contributed by atoms with Gasteiger partial charge in [0.05, 0.1) is 13.5 Å². The number of carbonyl (C=O) groups excluding carboxylic acids is 2. The minimum Gasteiger partial charge on any atom is -0.495 e. The average Bonchev–Trinajstić information content (AvgIpc) is 3.24. The fraction of sp³-hybridized carbons (Fsp3) is 0.300. The summed E-state index contributed by atoms with van der Waals surface area (Å²) in [7, 11) is -2.35. The Morgan fingerprint density at radius 2 is 1.76 bits per heavy atom. The Hall–Kier alpha value is -2.91. The van der Waals surface area contributed by atoms with Crippen LogP contribution in [0.3, 0.4) is 0 Å². The maximum absolute atomic E-state index is 12.9. The van der Waals surface area contributed by atoms with Gasteiger partial charge in [-0.15, -0.1) is 0 Å². The molecule has 8 nitrogen and oxygen atoms in total. The summed E-state index contributed by atoms with van der Waals surface area (Å²) in [6.07, 6.45) is 1.74. The van der Waals surface area contributed by atoms with Gasteiger partial charge in [-0.3, -0.25) is 9.59 Å². The summed E-state index contributed by atoms with van der Waals surface area (Å²) in [6.45, 7) is 0.916. The van der Waals surface area contributed by atoms with Crippen molar-refractivity contribution in [3.05, 3.63) is 53.6 Å². The molecule has 2 aromatic carbocycles. The minimum absolute atomic E-state index is 0.0219. The molecule has 1 heterocycles. The number of anilines is 1. The van der Waals surface area contributed by atoms with E-state index in [-0.39, 0.29) is 22.6 Å². The molecule has 3 N–H and O–H groups in total. The molecule has 0 saturated carbocycles. The lowest BCUT2D eigenvalue weighted by Crippen LogP contribution is -2.28. The van der Waals surface area contributed by atoms with Crippen LogP contribution in [0.15, 0.2) is 47.4 Å². The monoisotopic (exact) mass is 417 g/mol. The summed E-state index contributed by atoms with van der Waals surface area (Å²) < 4.78 is 32.5. The fourth-order valence-corrected chi connectivity index (χ4v) is 4.90. The number of sulfonamides is 1. The molecule has 2 aromatic rings. The van der Waals surface area contributed by atoms with Crippen LogP contribution >= 0.6 is 0 Å². The number of ether oxygens (including phenoxy) is 1. The van der Waals surface area contributed by atoms with E-state index in [0.717, 1.165) is 18.4 Å². The molecule has 154 valence electrons. The van der Waals surface area contributed by atoms with Crippen LogP contribution in [0.5, 0.6) is 5.75 Å². The summed E-state index contributed by atoms with van der Waals surface area (Å²) >= 11 is 0. The summed E-state index contributed by atoms with van der Waals surface area (Å²) in [4.78, 5) is 23.6. The van der Waals surface area contributed by atoms with Crippen LogP contribution in [0, 0.1) is 0 Å². The zero-order valence-corrected chi connectivity index (χ0v) is 16.9. The summed E-state index contributed by atoms with van der Waals surface area (Å²) in [5, 5.41) is 2.72. The molecular formula is C20H23N3O5S. The lowest BCUT2D eigenvalue weighted by atomic mass is 10.1. The van der Waals surface area contributed by atoms with Gasteiger partial charge in [0.1, 0.15) is 10.6 Å². The molecule has 0 spiro atoms. The van der Waals surface area contributed by atoms with Gasteiger partial charge in [0.25, 0.3) is 5.91 Å². The van der Waals surface area contributed by atoms with E-state index in [1.54, 1.807) is 24.3 Å². The highest BCUT2D eigenvalue weighted by atomic mass is 32.2. The molecule has 29 heavy (non-hydrogen) atoms. The molecule has 0 unspecified atom stereocenters. The number of nitrogens with one attached hydrogen (secondary N) is 1. The van der Waals surface area contributed by atoms with Crippen molar-refractivity contribution in [1.82, 2.24) is 4.31 Å². The predicted octanol–water partition coefficient (Wildman–Crippen LogP) is 1.76. The molecule has 1 aliphatic heterocycles. The number of hydrogen-bond donors (Lipinski definition) is 2. The summed E-state index contributed by atoms with van der Waals surface area (Å²) in [6, 6.07) is 11.0. The maximum Gasteiger partial charge on any atom is 0.255 e. The van der Waals surface area contributed by atoms with Crippen LogP contribution in [-0.4, -0.2) is 44.7 Å². The van der Waals surface area contributed by atoms with Crippen molar-refractivity contribution in [2.75, 3.05) is 25.5 Å². The van der Waals surface area contributed by atoms with Crippen molar-refractivity contribution < 1.29 is 22.7 Å². The number of hydrogen-bond acceptors (Lipinski definition) is 5. The standard InChI is InChI=1S/C20H23N3O5S/c1-28-17-9-6-15(13-18(17)29(26,27)23-10-2-3-11-23)20(25)22-16-7-4-14(5-8-16)12-19(21)24/h4-9,13H,2-3,10-12H2,1H3,(H2,21,24)(H,22,25). The Labute approximate surface area is 169 Å². The Kier molecular flexibility index (Phi) is 6.19. The van der Waals surface area contributed by atoms with Crippen LogP contribution in [0.4, 0.5) is 5.69 Å². The zero-order chi connectivity index (χ0) is 21.0. The molecular weight excluding hydrogens is 394 g/mol. The zero-order valence-electron chi connectivity index (χ0n) is 16.1. The topological polar surface area (TPSA) is 119 Å². The summed E-state index contributed by atoms with van der Waals surface area (Å²) in [5.74, 6) is -0.691. The lowest BCUT2D eigenvalue weighted by molar-refractivity contribution is -0.117. The fourth-order valence-electron chi connectivity index (χ4n) is 3.20. The molecule has 1 saturated heterocycles. The van der Waals surface area contributed by atoms with Gasteiger partial charge in [-0.2, -0.15) is 4.31 Å². The van der Waals surface area contributed by atoms with E-state index in [9.17, 15) is 18.0 Å². The highest BCUT2D eigenvalue weighted by Gasteiger charge is 2.30. The van der Waals surface area contributed by atoms with E-state index >= 15 is 0 Å². The number of nitrogens with two attached hydrogens (primary N) is 1. The molecule has 0 bridgehead atoms. The van der Waals surface area contributed by atoms with Crippen LogP contribution in [0.2, 0.25) is 0 Å². The van der Waals surface area contributed by atoms with E-state index < -0.39 is 21.8 Å². The number of amides is 2. The Morgan fingerprint density at radius 3 is 2.34 bits per heavy atom. The van der Waals surface area contributed by atoms with Gasteiger partial charge >= 0.3 is 0 Å². The predicted molar refractivity (Wildman–Crippen MR) is 108 cm³/mol. The number of primary amides is 1. The van der Waals surface area contributed by atoms with Gasteiger partial charge < -0.3 is 15.8 Å². The molecule has 0 aliphatic carbocycles. The smallest absolute Gasteiger partial charge is 0.255 e. The highest BCUT2D eigenvalue weighted by molar-refractivity contribution is 7.89. The van der Waals surface area contributed by atoms with Crippen LogP contribution in [0.25, 0.3) is 0 Å². The highest BCUT2D eigenvalue weighted by Crippen LogP contribution is 2.30. The lowest BCUT2D eigenvalue weighted by Gasteiger charge is -2.18. The first kappa shape index (κ1) is 20.8. The molecule has 0 aromatic heterocycles. The first-order valence-electron chi connectivity index (χ1n) is 9.18. The van der Waals surface area contributed by atoms with Gasteiger partial charge in [0, 0.05) is 24.3 Å². The van der Waals surface area contributed by atoms with Crippen LogP contribution in [0.1, 0.15) is 28.8 Å². The molecule has 0 radical (unpaired) electrons. The molecule has 1 fully saturated rings. The molecule has 3 rings (SSSR count). The number of methoxy groups -OCH3 is 1. The normalized spacial score (nSPS) is 14.5. The first-order valence-corrected chi connectivity index (χ1v) is 10.6. The second kappa shape index (κ2) is 8.62. The van der Waals surface area contributed by atoms with Gasteiger partial charge in [-0.25, -0.2) is 8.42 Å². The Morgan fingerprint density at radius 1 is 1.10 bits per heavy atom. The first-order chi connectivity index (χ1) is 13.8. The van der Waals surface area contributed by atoms with Crippen molar-refractivity contribution in [1.29, 1.82) is 0 Å². The van der Waals surface area contributed by atoms with E-state index in [2.05, 4.69) is 5.32 Å². The largest absolute Gasteiger partial charge is 0.495 e. The van der Waals surface area contributed by atoms with Gasteiger partial charge in [0.2, 0.25) is 15.9 Å². The average molecular weight is 417 g/mol. The van der Waals surface area contributed by atoms with Crippen molar-refractivity contribution in [3.63, 3.8) is 0 Å². The van der Waals surface area contributed by atoms with Crippen LogP contribution in [-0.2, 0) is 21.2 Å². The number of nitrogens with zero attached hydrogens (tertiary/aromatic N) is 1. The molecule has 9 heteroatoms. The second-order valence-electron chi connectivity index (χ2n) is 6.77. The Balaban J connectivity index is 1.83. The van der Waals surface area contributed by atoms with E-state index in [1.165, 1.54) is 29.6 Å². The van der Waals surface area contributed by atoms with E-state index in [1.807, 2.05) is 0 Å². The van der Waals surface area contributed by atoms with Crippen molar-refractivity contribution in [3.8, 4) is 5.75 Å². The van der Waals surface area contributed by atoms with Crippen molar-refractivity contribution in [2.45, 2.75) is 24.2 Å². The van der Waals surface area contributed by atoms with Crippen molar-refractivity contribution in [2.24, 2.45) is 5.73 Å². The molecule has 2 amide bonds. The van der Waals surface area contributed by atoms with Crippen molar-refractivity contribution >= 4 is 27.5 Å².